The summed E-state index contributed by atoms with van der Waals surface area (Å²) in [5, 5.41) is 0. The summed E-state index contributed by atoms with van der Waals surface area (Å²) in [6, 6.07) is 4.02. The van der Waals surface area contributed by atoms with Crippen LogP contribution in [-0.4, -0.2) is 62.4 Å². The highest BCUT2D eigenvalue weighted by Gasteiger charge is 2.32. The number of sulfonamides is 1. The number of hydrogen-bond donors (Lipinski definition) is 0. The number of ether oxygens (including phenoxy) is 1. The van der Waals surface area contributed by atoms with E-state index in [9.17, 15) is 17.6 Å². The summed E-state index contributed by atoms with van der Waals surface area (Å²) >= 11 is 0. The van der Waals surface area contributed by atoms with E-state index in [0.29, 0.717) is 5.56 Å². The maximum absolute atomic E-state index is 13.9. The molecule has 8 heteroatoms. The van der Waals surface area contributed by atoms with Gasteiger partial charge in [-0.2, -0.15) is 4.31 Å². The lowest BCUT2D eigenvalue weighted by Crippen LogP contribution is -2.43. The van der Waals surface area contributed by atoms with Crippen molar-refractivity contribution in [3.8, 4) is 0 Å². The number of nitrogens with zero attached hydrogens (tertiary/aromatic N) is 2. The molecule has 27 heavy (non-hydrogen) atoms. The molecule has 2 rings (SSSR count). The minimum Gasteiger partial charge on any atom is -0.466 e. The zero-order valence-electron chi connectivity index (χ0n) is 16.3. The van der Waals surface area contributed by atoms with Gasteiger partial charge in [-0.05, 0) is 57.5 Å². The first-order chi connectivity index (χ1) is 12.8. The highest BCUT2D eigenvalue weighted by atomic mass is 32.2. The molecule has 0 radical (unpaired) electrons. The second-order valence-corrected chi connectivity index (χ2v) is 8.69. The Morgan fingerprint density at radius 3 is 2.74 bits per heavy atom. The average molecular weight is 401 g/mol. The van der Waals surface area contributed by atoms with Crippen LogP contribution < -0.4 is 0 Å². The van der Waals surface area contributed by atoms with Crippen molar-refractivity contribution in [3.63, 3.8) is 0 Å². The Labute approximate surface area is 161 Å². The van der Waals surface area contributed by atoms with Crippen molar-refractivity contribution in [2.75, 3.05) is 32.8 Å². The predicted octanol–water partition coefficient (Wildman–Crippen LogP) is 2.56. The number of benzene rings is 1. The summed E-state index contributed by atoms with van der Waals surface area (Å²) < 4.78 is 46.4. The van der Waals surface area contributed by atoms with E-state index in [1.807, 2.05) is 6.92 Å². The third-order valence-electron chi connectivity index (χ3n) is 4.97. The van der Waals surface area contributed by atoms with Crippen LogP contribution in [0.3, 0.4) is 0 Å². The molecule has 0 amide bonds. The van der Waals surface area contributed by atoms with Gasteiger partial charge in [0.25, 0.3) is 0 Å². The minimum absolute atomic E-state index is 0.0186. The van der Waals surface area contributed by atoms with Gasteiger partial charge >= 0.3 is 5.97 Å². The van der Waals surface area contributed by atoms with Crippen molar-refractivity contribution in [3.05, 3.63) is 29.6 Å². The van der Waals surface area contributed by atoms with Crippen molar-refractivity contribution in [1.29, 1.82) is 0 Å². The lowest BCUT2D eigenvalue weighted by Gasteiger charge is -2.29. The maximum atomic E-state index is 13.9. The van der Waals surface area contributed by atoms with Crippen LogP contribution in [0.2, 0.25) is 0 Å². The molecule has 1 aliphatic heterocycles. The third kappa shape index (κ3) is 5.49. The van der Waals surface area contributed by atoms with Gasteiger partial charge in [0.05, 0.1) is 17.9 Å². The lowest BCUT2D eigenvalue weighted by molar-refractivity contribution is -0.143. The van der Waals surface area contributed by atoms with E-state index in [0.717, 1.165) is 32.0 Å². The monoisotopic (exact) mass is 400 g/mol. The van der Waals surface area contributed by atoms with Gasteiger partial charge in [0, 0.05) is 19.1 Å². The van der Waals surface area contributed by atoms with E-state index in [4.69, 9.17) is 4.74 Å². The van der Waals surface area contributed by atoms with Gasteiger partial charge in [-0.15, -0.1) is 0 Å². The standard InChI is InChI=1S/C19H29FN2O4S/c1-4-21-11-6-7-16(21)14-22(12-10-19(23)26-5-2)27(24,25)17-9-8-15(3)18(20)13-17/h8-9,13,16H,4-7,10-12,14H2,1-3H3. The summed E-state index contributed by atoms with van der Waals surface area (Å²) in [5.41, 5.74) is 0.389. The van der Waals surface area contributed by atoms with Crippen LogP contribution in [0.4, 0.5) is 4.39 Å². The number of likely N-dealkylation sites (N-methyl/N-ethyl adjacent to an activating group) is 1. The van der Waals surface area contributed by atoms with Gasteiger partial charge in [0.15, 0.2) is 0 Å². The molecule has 152 valence electrons. The van der Waals surface area contributed by atoms with Crippen LogP contribution in [0, 0.1) is 12.7 Å². The summed E-state index contributed by atoms with van der Waals surface area (Å²) in [5.74, 6) is -0.996. The fraction of sp³-hybridized carbons (Fsp3) is 0.632. The molecule has 0 spiro atoms. The van der Waals surface area contributed by atoms with Gasteiger partial charge in [-0.1, -0.05) is 13.0 Å². The summed E-state index contributed by atoms with van der Waals surface area (Å²) in [6.07, 6.45) is 1.89. The Balaban J connectivity index is 2.25. The molecule has 1 fully saturated rings. The van der Waals surface area contributed by atoms with Crippen molar-refractivity contribution in [1.82, 2.24) is 9.21 Å². The molecular weight excluding hydrogens is 371 g/mol. The fourth-order valence-corrected chi connectivity index (χ4v) is 4.89. The van der Waals surface area contributed by atoms with Gasteiger partial charge < -0.3 is 4.74 Å². The highest BCUT2D eigenvalue weighted by molar-refractivity contribution is 7.89. The molecule has 1 saturated heterocycles. The summed E-state index contributed by atoms with van der Waals surface area (Å²) in [4.78, 5) is 13.9. The first-order valence-corrected chi connectivity index (χ1v) is 10.9. The van der Waals surface area contributed by atoms with Crippen molar-refractivity contribution in [2.45, 2.75) is 51.0 Å². The Morgan fingerprint density at radius 2 is 2.11 bits per heavy atom. The van der Waals surface area contributed by atoms with E-state index in [1.165, 1.54) is 16.4 Å². The first-order valence-electron chi connectivity index (χ1n) is 9.45. The third-order valence-corrected chi connectivity index (χ3v) is 6.83. The summed E-state index contributed by atoms with van der Waals surface area (Å²) in [6.45, 7) is 7.67. The summed E-state index contributed by atoms with van der Waals surface area (Å²) in [7, 11) is -3.91. The molecule has 0 aliphatic carbocycles. The molecule has 1 aromatic carbocycles. The van der Waals surface area contributed by atoms with Gasteiger partial charge in [0.2, 0.25) is 10.0 Å². The van der Waals surface area contributed by atoms with Gasteiger partial charge in [0.1, 0.15) is 5.82 Å². The first kappa shape index (κ1) is 21.8. The van der Waals surface area contributed by atoms with E-state index in [2.05, 4.69) is 4.90 Å². The number of rotatable bonds is 9. The number of hydrogen-bond acceptors (Lipinski definition) is 5. The second-order valence-electron chi connectivity index (χ2n) is 6.75. The Bertz CT molecular complexity index is 754. The van der Waals surface area contributed by atoms with Crippen molar-refractivity contribution < 1.29 is 22.3 Å². The number of esters is 1. The zero-order valence-corrected chi connectivity index (χ0v) is 17.1. The number of carbonyl (C=O) groups is 1. The Hall–Kier alpha value is -1.51. The van der Waals surface area contributed by atoms with E-state index in [-0.39, 0.29) is 37.1 Å². The quantitative estimate of drug-likeness (QED) is 0.596. The number of aryl methyl sites for hydroxylation is 1. The van der Waals surface area contributed by atoms with Crippen molar-refractivity contribution in [2.24, 2.45) is 0 Å². The van der Waals surface area contributed by atoms with Gasteiger partial charge in [-0.3, -0.25) is 9.69 Å². The van der Waals surface area contributed by atoms with E-state index in [1.54, 1.807) is 13.8 Å². The zero-order chi connectivity index (χ0) is 20.0. The Kier molecular flexibility index (Phi) is 7.76. The van der Waals surface area contributed by atoms with Crippen LogP contribution in [0.5, 0.6) is 0 Å². The number of halogens is 1. The van der Waals surface area contributed by atoms with E-state index < -0.39 is 21.8 Å². The molecule has 0 N–H and O–H groups in total. The topological polar surface area (TPSA) is 66.9 Å². The van der Waals surface area contributed by atoms with Crippen LogP contribution in [-0.2, 0) is 19.6 Å². The van der Waals surface area contributed by atoms with Crippen LogP contribution in [0.15, 0.2) is 23.1 Å². The minimum atomic E-state index is -3.91. The molecule has 6 nitrogen and oxygen atoms in total. The maximum Gasteiger partial charge on any atom is 0.307 e. The van der Waals surface area contributed by atoms with Crippen LogP contribution in [0.25, 0.3) is 0 Å². The molecule has 1 atom stereocenters. The molecule has 1 aromatic rings. The molecule has 0 saturated carbocycles. The number of carbonyl (C=O) groups excluding carboxylic acids is 1. The van der Waals surface area contributed by atoms with Gasteiger partial charge in [-0.25, -0.2) is 12.8 Å². The van der Waals surface area contributed by atoms with Crippen LogP contribution in [0.1, 0.15) is 38.7 Å². The predicted molar refractivity (Wildman–Crippen MR) is 101 cm³/mol. The van der Waals surface area contributed by atoms with Crippen LogP contribution >= 0.6 is 0 Å². The Morgan fingerprint density at radius 1 is 1.37 bits per heavy atom. The smallest absolute Gasteiger partial charge is 0.307 e. The molecule has 1 unspecified atom stereocenters. The molecular formula is C19H29FN2O4S. The SMILES string of the molecule is CCOC(=O)CCN(CC1CCCN1CC)S(=O)(=O)c1ccc(C)c(F)c1. The molecule has 1 heterocycles. The number of likely N-dealkylation sites (tertiary alicyclic amines) is 1. The molecule has 0 aromatic heterocycles. The second kappa shape index (κ2) is 9.61. The highest BCUT2D eigenvalue weighted by Crippen LogP contribution is 2.23. The van der Waals surface area contributed by atoms with E-state index >= 15 is 0 Å². The normalized spacial score (nSPS) is 18.2. The fourth-order valence-electron chi connectivity index (χ4n) is 3.40. The largest absolute Gasteiger partial charge is 0.466 e. The van der Waals surface area contributed by atoms with Crippen molar-refractivity contribution >= 4 is 16.0 Å². The molecule has 1 aliphatic rings. The lowest BCUT2D eigenvalue weighted by atomic mass is 10.2. The average Bonchev–Trinajstić information content (AvgIpc) is 3.08. The molecule has 0 bridgehead atoms.